The van der Waals surface area contributed by atoms with E-state index in [9.17, 15) is 9.59 Å². The van der Waals surface area contributed by atoms with Crippen molar-refractivity contribution in [3.63, 3.8) is 0 Å². The molecule has 0 spiro atoms. The number of hydrogen-bond donors (Lipinski definition) is 2. The highest BCUT2D eigenvalue weighted by molar-refractivity contribution is 6.03. The fourth-order valence-electron chi connectivity index (χ4n) is 1.75. The number of anilines is 1. The van der Waals surface area contributed by atoms with Crippen molar-refractivity contribution in [2.75, 3.05) is 5.32 Å². The molecular formula is C15H16N2O2. The molecule has 4 nitrogen and oxygen atoms in total. The van der Waals surface area contributed by atoms with E-state index in [0.717, 1.165) is 0 Å². The zero-order valence-electron chi connectivity index (χ0n) is 10.9. The summed E-state index contributed by atoms with van der Waals surface area (Å²) in [7, 11) is 0. The Hall–Kier alpha value is -2.36. The van der Waals surface area contributed by atoms with Crippen molar-refractivity contribution in [3.8, 4) is 0 Å². The van der Waals surface area contributed by atoms with Crippen LogP contribution in [-0.2, 0) is 0 Å². The molecule has 2 N–H and O–H groups in total. The molecule has 0 saturated heterocycles. The standard InChI is InChI=1S/C15H16N2O2/c1-10(2)11-5-7-12(8-6-11)17-15(19)13-4-3-9-16-14(13)18/h3-10H,1-2H3,(H,16,18)(H,17,19). The van der Waals surface area contributed by atoms with Crippen molar-refractivity contribution in [2.24, 2.45) is 0 Å². The van der Waals surface area contributed by atoms with Crippen LogP contribution in [-0.4, -0.2) is 10.9 Å². The van der Waals surface area contributed by atoms with Crippen molar-refractivity contribution in [1.82, 2.24) is 4.98 Å². The SMILES string of the molecule is CC(C)c1ccc(NC(=O)c2ccc[nH]c2=O)cc1. The van der Waals surface area contributed by atoms with Crippen molar-refractivity contribution in [1.29, 1.82) is 0 Å². The number of aromatic amines is 1. The van der Waals surface area contributed by atoms with Gasteiger partial charge in [0.05, 0.1) is 0 Å². The lowest BCUT2D eigenvalue weighted by atomic mass is 10.0. The van der Waals surface area contributed by atoms with Crippen molar-refractivity contribution >= 4 is 11.6 Å². The summed E-state index contributed by atoms with van der Waals surface area (Å²) >= 11 is 0. The zero-order chi connectivity index (χ0) is 13.8. The van der Waals surface area contributed by atoms with Gasteiger partial charge in [-0.2, -0.15) is 0 Å². The first-order valence-electron chi connectivity index (χ1n) is 6.17. The second-order valence-corrected chi connectivity index (χ2v) is 4.64. The van der Waals surface area contributed by atoms with Crippen LogP contribution in [0.3, 0.4) is 0 Å². The predicted molar refractivity (Wildman–Crippen MR) is 75.5 cm³/mol. The highest BCUT2D eigenvalue weighted by atomic mass is 16.2. The van der Waals surface area contributed by atoms with Gasteiger partial charge >= 0.3 is 0 Å². The molecule has 0 bridgehead atoms. The molecule has 0 saturated carbocycles. The number of amides is 1. The molecule has 0 atom stereocenters. The van der Waals surface area contributed by atoms with Gasteiger partial charge in [0.1, 0.15) is 5.56 Å². The second kappa shape index (κ2) is 5.52. The minimum atomic E-state index is -0.404. The lowest BCUT2D eigenvalue weighted by Gasteiger charge is -2.08. The molecule has 1 heterocycles. The van der Waals surface area contributed by atoms with Crippen LogP contribution >= 0.6 is 0 Å². The summed E-state index contributed by atoms with van der Waals surface area (Å²) in [6.07, 6.45) is 1.50. The van der Waals surface area contributed by atoms with Crippen LogP contribution in [0, 0.1) is 0 Å². The van der Waals surface area contributed by atoms with Gasteiger partial charge in [-0.15, -0.1) is 0 Å². The van der Waals surface area contributed by atoms with Gasteiger partial charge in [0.2, 0.25) is 0 Å². The minimum absolute atomic E-state index is 0.107. The Bertz CT molecular complexity index is 627. The Balaban J connectivity index is 2.15. The molecule has 1 aromatic carbocycles. The molecule has 2 aromatic rings. The van der Waals surface area contributed by atoms with E-state index in [2.05, 4.69) is 24.1 Å². The maximum atomic E-state index is 11.9. The molecule has 0 radical (unpaired) electrons. The van der Waals surface area contributed by atoms with E-state index in [0.29, 0.717) is 11.6 Å². The molecule has 0 aliphatic carbocycles. The number of rotatable bonds is 3. The molecule has 1 amide bonds. The topological polar surface area (TPSA) is 62.0 Å². The lowest BCUT2D eigenvalue weighted by molar-refractivity contribution is 0.102. The summed E-state index contributed by atoms with van der Waals surface area (Å²) in [5, 5.41) is 2.71. The van der Waals surface area contributed by atoms with Crippen molar-refractivity contribution in [3.05, 3.63) is 64.1 Å². The Morgan fingerprint density at radius 3 is 2.42 bits per heavy atom. The normalized spacial score (nSPS) is 10.5. The summed E-state index contributed by atoms with van der Waals surface area (Å²) in [6.45, 7) is 4.22. The van der Waals surface area contributed by atoms with Gasteiger partial charge in [-0.05, 0) is 35.7 Å². The third-order valence-corrected chi connectivity index (χ3v) is 2.90. The molecule has 4 heteroatoms. The van der Waals surface area contributed by atoms with E-state index in [1.807, 2.05) is 24.3 Å². The summed E-state index contributed by atoms with van der Waals surface area (Å²) in [5.74, 6) is 0.0425. The quantitative estimate of drug-likeness (QED) is 0.887. The number of pyridine rings is 1. The Kier molecular flexibility index (Phi) is 3.80. The molecule has 1 aromatic heterocycles. The van der Waals surface area contributed by atoms with Crippen LogP contribution in [0.5, 0.6) is 0 Å². The van der Waals surface area contributed by atoms with Gasteiger partial charge in [0.25, 0.3) is 11.5 Å². The monoisotopic (exact) mass is 256 g/mol. The van der Waals surface area contributed by atoms with Crippen LogP contribution in [0.1, 0.15) is 35.7 Å². The number of carbonyl (C=O) groups excluding carboxylic acids is 1. The highest BCUT2D eigenvalue weighted by Crippen LogP contribution is 2.17. The first-order valence-corrected chi connectivity index (χ1v) is 6.17. The van der Waals surface area contributed by atoms with E-state index in [4.69, 9.17) is 0 Å². The maximum Gasteiger partial charge on any atom is 0.261 e. The van der Waals surface area contributed by atoms with Gasteiger partial charge in [0, 0.05) is 11.9 Å². The maximum absolute atomic E-state index is 11.9. The van der Waals surface area contributed by atoms with Gasteiger partial charge in [-0.25, -0.2) is 0 Å². The lowest BCUT2D eigenvalue weighted by Crippen LogP contribution is -2.22. The minimum Gasteiger partial charge on any atom is -0.328 e. The van der Waals surface area contributed by atoms with Crippen LogP contribution in [0.25, 0.3) is 0 Å². The van der Waals surface area contributed by atoms with E-state index in [1.165, 1.54) is 17.8 Å². The number of H-pyrrole nitrogens is 1. The molecule has 0 aliphatic heterocycles. The zero-order valence-corrected chi connectivity index (χ0v) is 10.9. The Labute approximate surface area is 111 Å². The van der Waals surface area contributed by atoms with Crippen molar-refractivity contribution < 1.29 is 4.79 Å². The van der Waals surface area contributed by atoms with E-state index < -0.39 is 5.91 Å². The van der Waals surface area contributed by atoms with Crippen molar-refractivity contribution in [2.45, 2.75) is 19.8 Å². The largest absolute Gasteiger partial charge is 0.328 e. The third-order valence-electron chi connectivity index (χ3n) is 2.90. The molecule has 0 unspecified atom stereocenters. The second-order valence-electron chi connectivity index (χ2n) is 4.64. The number of carbonyl (C=O) groups is 1. The van der Waals surface area contributed by atoms with E-state index >= 15 is 0 Å². The average Bonchev–Trinajstić information content (AvgIpc) is 2.39. The molecule has 0 aliphatic rings. The predicted octanol–water partition coefficient (Wildman–Crippen LogP) is 2.75. The Morgan fingerprint density at radius 2 is 1.84 bits per heavy atom. The summed E-state index contributed by atoms with van der Waals surface area (Å²) in [5.41, 5.74) is 1.60. The smallest absolute Gasteiger partial charge is 0.261 e. The fraction of sp³-hybridized carbons (Fsp3) is 0.200. The molecule has 19 heavy (non-hydrogen) atoms. The summed E-state index contributed by atoms with van der Waals surface area (Å²) in [6, 6.07) is 10.7. The average molecular weight is 256 g/mol. The molecule has 2 rings (SSSR count). The van der Waals surface area contributed by atoms with E-state index in [-0.39, 0.29) is 11.1 Å². The first-order chi connectivity index (χ1) is 9.08. The number of nitrogens with one attached hydrogen (secondary N) is 2. The molecular weight excluding hydrogens is 240 g/mol. The molecule has 98 valence electrons. The summed E-state index contributed by atoms with van der Waals surface area (Å²) in [4.78, 5) is 25.9. The van der Waals surface area contributed by atoms with Gasteiger partial charge in [-0.1, -0.05) is 26.0 Å². The van der Waals surface area contributed by atoms with Gasteiger partial charge in [0.15, 0.2) is 0 Å². The Morgan fingerprint density at radius 1 is 1.16 bits per heavy atom. The van der Waals surface area contributed by atoms with Crippen LogP contribution in [0.15, 0.2) is 47.4 Å². The van der Waals surface area contributed by atoms with Gasteiger partial charge < -0.3 is 10.3 Å². The first kappa shape index (κ1) is 13.1. The summed E-state index contributed by atoms with van der Waals surface area (Å²) < 4.78 is 0. The number of hydrogen-bond acceptors (Lipinski definition) is 2. The van der Waals surface area contributed by atoms with Crippen LogP contribution in [0.4, 0.5) is 5.69 Å². The van der Waals surface area contributed by atoms with E-state index in [1.54, 1.807) is 6.07 Å². The van der Waals surface area contributed by atoms with Crippen LogP contribution in [0.2, 0.25) is 0 Å². The van der Waals surface area contributed by atoms with Crippen LogP contribution < -0.4 is 10.9 Å². The third kappa shape index (κ3) is 3.10. The number of benzene rings is 1. The number of aromatic nitrogens is 1. The molecule has 0 fully saturated rings. The van der Waals surface area contributed by atoms with Gasteiger partial charge in [-0.3, -0.25) is 9.59 Å². The fourth-order valence-corrected chi connectivity index (χ4v) is 1.75. The highest BCUT2D eigenvalue weighted by Gasteiger charge is 2.09.